The van der Waals surface area contributed by atoms with Crippen LogP contribution in [0.4, 0.5) is 13.2 Å². The van der Waals surface area contributed by atoms with Crippen LogP contribution in [0.1, 0.15) is 10.5 Å². The van der Waals surface area contributed by atoms with Gasteiger partial charge in [-0.05, 0) is 12.1 Å². The number of hydrogen-bond acceptors (Lipinski definition) is 2. The largest absolute Gasteiger partial charge is 0.405 e. The number of para-hydroxylation sites is 1. The van der Waals surface area contributed by atoms with Gasteiger partial charge in [-0.2, -0.15) is 13.2 Å². The van der Waals surface area contributed by atoms with Gasteiger partial charge in [-0.1, -0.05) is 18.2 Å². The fourth-order valence-corrected chi connectivity index (χ4v) is 1.53. The fourth-order valence-electron chi connectivity index (χ4n) is 1.53. The molecule has 0 bridgehead atoms. The van der Waals surface area contributed by atoms with Crippen LogP contribution >= 0.6 is 0 Å². The average molecular weight is 269 g/mol. The van der Waals surface area contributed by atoms with Crippen LogP contribution in [-0.2, 0) is 0 Å². The summed E-state index contributed by atoms with van der Waals surface area (Å²) in [5.41, 5.74) is 0.701. The van der Waals surface area contributed by atoms with E-state index in [1.54, 1.807) is 30.3 Å². The molecule has 1 N–H and O–H groups in total. The predicted molar refractivity (Wildman–Crippen MR) is 62.0 cm³/mol. The van der Waals surface area contributed by atoms with Crippen LogP contribution in [0.5, 0.6) is 0 Å². The summed E-state index contributed by atoms with van der Waals surface area (Å²) in [6.07, 6.45) is -1.84. The van der Waals surface area contributed by atoms with E-state index in [0.29, 0.717) is 5.69 Å². The van der Waals surface area contributed by atoms with E-state index in [0.717, 1.165) is 0 Å². The summed E-state index contributed by atoms with van der Waals surface area (Å²) < 4.78 is 37.6. The molecule has 0 saturated carbocycles. The van der Waals surface area contributed by atoms with Gasteiger partial charge in [0, 0.05) is 5.69 Å². The third-order valence-corrected chi connectivity index (χ3v) is 2.35. The molecule has 4 nitrogen and oxygen atoms in total. The molecule has 1 aromatic carbocycles. The molecule has 0 fully saturated rings. The molecule has 2 aromatic rings. The highest BCUT2D eigenvalue weighted by molar-refractivity contribution is 5.93. The number of hydrogen-bond donors (Lipinski definition) is 1. The fraction of sp³-hybridized carbons (Fsp3) is 0.167. The molecule has 0 saturated heterocycles. The number of halogens is 3. The molecule has 19 heavy (non-hydrogen) atoms. The van der Waals surface area contributed by atoms with Gasteiger partial charge in [0.1, 0.15) is 12.2 Å². The Morgan fingerprint density at radius 3 is 2.58 bits per heavy atom. The molecule has 0 aliphatic carbocycles. The number of nitrogens with zero attached hydrogens (tertiary/aromatic N) is 2. The van der Waals surface area contributed by atoms with E-state index in [9.17, 15) is 18.0 Å². The Bertz CT molecular complexity index is 563. The highest BCUT2D eigenvalue weighted by Gasteiger charge is 2.28. The van der Waals surface area contributed by atoms with Gasteiger partial charge >= 0.3 is 6.18 Å². The van der Waals surface area contributed by atoms with Crippen LogP contribution in [0.15, 0.2) is 42.9 Å². The molecule has 0 aliphatic rings. The first-order valence-electron chi connectivity index (χ1n) is 5.40. The highest BCUT2D eigenvalue weighted by atomic mass is 19.4. The van der Waals surface area contributed by atoms with Crippen LogP contribution in [0, 0.1) is 0 Å². The summed E-state index contributed by atoms with van der Waals surface area (Å²) in [5.74, 6) is -0.821. The summed E-state index contributed by atoms with van der Waals surface area (Å²) in [7, 11) is 0. The third-order valence-electron chi connectivity index (χ3n) is 2.35. The zero-order chi connectivity index (χ0) is 13.9. The zero-order valence-electron chi connectivity index (χ0n) is 9.69. The second-order valence-electron chi connectivity index (χ2n) is 3.78. The van der Waals surface area contributed by atoms with Crippen molar-refractivity contribution >= 4 is 5.91 Å². The smallest absolute Gasteiger partial charge is 0.342 e. The Hall–Kier alpha value is -2.31. The first kappa shape index (κ1) is 13.1. The molecule has 0 aliphatic heterocycles. The Labute approximate surface area is 106 Å². The van der Waals surface area contributed by atoms with E-state index in [1.807, 2.05) is 5.32 Å². The van der Waals surface area contributed by atoms with E-state index in [4.69, 9.17) is 0 Å². The number of nitrogens with one attached hydrogen (secondary N) is 1. The monoisotopic (exact) mass is 269 g/mol. The van der Waals surface area contributed by atoms with Gasteiger partial charge in [0.05, 0.1) is 12.5 Å². The van der Waals surface area contributed by atoms with E-state index in [1.165, 1.54) is 17.1 Å². The Morgan fingerprint density at radius 1 is 1.26 bits per heavy atom. The highest BCUT2D eigenvalue weighted by Crippen LogP contribution is 2.14. The molecule has 0 atom stereocenters. The van der Waals surface area contributed by atoms with E-state index < -0.39 is 18.6 Å². The molecule has 7 heteroatoms. The molecule has 2 rings (SSSR count). The second kappa shape index (κ2) is 5.13. The minimum Gasteiger partial charge on any atom is -0.342 e. The van der Waals surface area contributed by atoms with E-state index in [2.05, 4.69) is 4.98 Å². The zero-order valence-corrected chi connectivity index (χ0v) is 9.69. The summed E-state index contributed by atoms with van der Waals surface area (Å²) >= 11 is 0. The van der Waals surface area contributed by atoms with Gasteiger partial charge in [-0.15, -0.1) is 0 Å². The number of alkyl halides is 3. The average Bonchev–Trinajstić information content (AvgIpc) is 2.85. The second-order valence-corrected chi connectivity index (χ2v) is 3.78. The SMILES string of the molecule is O=C(NCC(F)(F)F)c1cncn1-c1ccccc1. The molecule has 100 valence electrons. The topological polar surface area (TPSA) is 46.9 Å². The maximum atomic E-state index is 12.0. The van der Waals surface area contributed by atoms with E-state index >= 15 is 0 Å². The number of rotatable bonds is 3. The number of carbonyl (C=O) groups is 1. The van der Waals surface area contributed by atoms with Crippen LogP contribution < -0.4 is 5.32 Å². The van der Waals surface area contributed by atoms with Gasteiger partial charge in [0.25, 0.3) is 5.91 Å². The lowest BCUT2D eigenvalue weighted by molar-refractivity contribution is -0.123. The lowest BCUT2D eigenvalue weighted by Gasteiger charge is -2.10. The van der Waals surface area contributed by atoms with Gasteiger partial charge in [-0.25, -0.2) is 4.98 Å². The minimum absolute atomic E-state index is 0.0513. The van der Waals surface area contributed by atoms with Crippen LogP contribution in [0.3, 0.4) is 0 Å². The molecule has 1 aromatic heterocycles. The van der Waals surface area contributed by atoms with Crippen LogP contribution in [0.25, 0.3) is 5.69 Å². The number of imidazole rings is 1. The molecular formula is C12H10F3N3O. The van der Waals surface area contributed by atoms with E-state index in [-0.39, 0.29) is 5.69 Å². The first-order chi connectivity index (χ1) is 8.97. The van der Waals surface area contributed by atoms with Gasteiger partial charge < -0.3 is 5.32 Å². The lowest BCUT2D eigenvalue weighted by Crippen LogP contribution is -2.34. The van der Waals surface area contributed by atoms with Gasteiger partial charge in [0.15, 0.2) is 0 Å². The Morgan fingerprint density at radius 2 is 1.95 bits per heavy atom. The molecule has 0 radical (unpaired) electrons. The van der Waals surface area contributed by atoms with Gasteiger partial charge in [0.2, 0.25) is 0 Å². The molecule has 1 heterocycles. The van der Waals surface area contributed by atoms with Crippen LogP contribution in [-0.4, -0.2) is 28.2 Å². The van der Waals surface area contributed by atoms with Crippen molar-refractivity contribution in [2.75, 3.05) is 6.54 Å². The summed E-state index contributed by atoms with van der Waals surface area (Å²) in [6, 6.07) is 8.76. The first-order valence-corrected chi connectivity index (χ1v) is 5.40. The minimum atomic E-state index is -4.44. The van der Waals surface area contributed by atoms with Crippen LogP contribution in [0.2, 0.25) is 0 Å². The molecule has 1 amide bonds. The number of amides is 1. The maximum Gasteiger partial charge on any atom is 0.405 e. The maximum absolute atomic E-state index is 12.0. The van der Waals surface area contributed by atoms with Gasteiger partial charge in [-0.3, -0.25) is 9.36 Å². The van der Waals surface area contributed by atoms with Crippen molar-refractivity contribution in [2.45, 2.75) is 6.18 Å². The van der Waals surface area contributed by atoms with Crippen molar-refractivity contribution in [3.05, 3.63) is 48.5 Å². The normalized spacial score (nSPS) is 11.3. The van der Waals surface area contributed by atoms with Crippen molar-refractivity contribution in [1.82, 2.24) is 14.9 Å². The summed E-state index contributed by atoms with van der Waals surface area (Å²) in [6.45, 7) is -1.37. The van der Waals surface area contributed by atoms with Crippen molar-refractivity contribution in [3.63, 3.8) is 0 Å². The predicted octanol–water partition coefficient (Wildman–Crippen LogP) is 2.16. The molecule has 0 spiro atoms. The lowest BCUT2D eigenvalue weighted by atomic mass is 10.3. The van der Waals surface area contributed by atoms with Crippen molar-refractivity contribution in [2.24, 2.45) is 0 Å². The van der Waals surface area contributed by atoms with Crippen molar-refractivity contribution < 1.29 is 18.0 Å². The van der Waals surface area contributed by atoms with Crippen molar-refractivity contribution in [1.29, 1.82) is 0 Å². The summed E-state index contributed by atoms with van der Waals surface area (Å²) in [4.78, 5) is 15.5. The standard InChI is InChI=1S/C12H10F3N3O/c13-12(14,15)7-17-11(19)10-6-16-8-18(10)9-4-2-1-3-5-9/h1-6,8H,7H2,(H,17,19). The Kier molecular flexibility index (Phi) is 3.55. The number of carbonyl (C=O) groups excluding carboxylic acids is 1. The Balaban J connectivity index is 2.18. The number of benzene rings is 1. The molecular weight excluding hydrogens is 259 g/mol. The summed E-state index contributed by atoms with van der Waals surface area (Å²) in [5, 5.41) is 1.81. The van der Waals surface area contributed by atoms with Crippen molar-refractivity contribution in [3.8, 4) is 5.69 Å². The number of aromatic nitrogens is 2. The third kappa shape index (κ3) is 3.34. The molecule has 0 unspecified atom stereocenters. The quantitative estimate of drug-likeness (QED) is 0.928.